The fourth-order valence-electron chi connectivity index (χ4n) is 3.22. The molecule has 0 aromatic heterocycles. The summed E-state index contributed by atoms with van der Waals surface area (Å²) in [7, 11) is 1.54. The molecule has 0 radical (unpaired) electrons. The maximum Gasteiger partial charge on any atom is 0.325 e. The first-order valence-corrected chi connectivity index (χ1v) is 9.45. The average molecular weight is 412 g/mol. The van der Waals surface area contributed by atoms with Crippen molar-refractivity contribution in [2.24, 2.45) is 0 Å². The van der Waals surface area contributed by atoms with Gasteiger partial charge < -0.3 is 19.9 Å². The van der Waals surface area contributed by atoms with Crippen LogP contribution in [-0.2, 0) is 10.3 Å². The van der Waals surface area contributed by atoms with Crippen molar-refractivity contribution in [1.29, 1.82) is 0 Å². The molecular weight excluding hydrogens is 388 g/mol. The van der Waals surface area contributed by atoms with E-state index in [-0.39, 0.29) is 18.9 Å². The molecule has 0 spiro atoms. The highest BCUT2D eigenvalue weighted by atomic mass is 16.5. The lowest BCUT2D eigenvalue weighted by atomic mass is 9.92. The van der Waals surface area contributed by atoms with E-state index in [9.17, 15) is 19.5 Å². The van der Waals surface area contributed by atoms with Crippen LogP contribution >= 0.6 is 0 Å². The third-order valence-electron chi connectivity index (χ3n) is 5.04. The number of aliphatic hydroxyl groups is 1. The number of urea groups is 1. The number of rotatable bonds is 8. The molecular formula is C22H24N2O6. The first-order chi connectivity index (χ1) is 14.2. The van der Waals surface area contributed by atoms with Gasteiger partial charge in [-0.25, -0.2) is 4.79 Å². The lowest BCUT2D eigenvalue weighted by Gasteiger charge is -2.23. The van der Waals surface area contributed by atoms with Gasteiger partial charge in [0.2, 0.25) is 0 Å². The van der Waals surface area contributed by atoms with Crippen LogP contribution in [0.1, 0.15) is 29.8 Å². The number of methoxy groups -OCH3 is 1. The second-order valence-electron chi connectivity index (χ2n) is 7.24. The Morgan fingerprint density at radius 1 is 1.10 bits per heavy atom. The number of imide groups is 1. The molecule has 0 bridgehead atoms. The number of aliphatic hydroxyl groups excluding tert-OH is 1. The van der Waals surface area contributed by atoms with E-state index in [1.54, 1.807) is 62.6 Å². The molecule has 1 saturated heterocycles. The molecule has 30 heavy (non-hydrogen) atoms. The molecule has 0 aliphatic carbocycles. The number of carbonyl (C=O) groups is 3. The van der Waals surface area contributed by atoms with Crippen LogP contribution in [0.4, 0.5) is 4.79 Å². The van der Waals surface area contributed by atoms with E-state index in [1.807, 2.05) is 0 Å². The Labute approximate surface area is 174 Å². The quantitative estimate of drug-likeness (QED) is 0.508. The largest absolute Gasteiger partial charge is 0.497 e. The van der Waals surface area contributed by atoms with Crippen LogP contribution in [0.25, 0.3) is 0 Å². The van der Waals surface area contributed by atoms with Gasteiger partial charge in [-0.15, -0.1) is 0 Å². The topological polar surface area (TPSA) is 105 Å². The molecule has 8 nitrogen and oxygen atoms in total. The van der Waals surface area contributed by atoms with E-state index in [0.717, 1.165) is 4.90 Å². The molecule has 158 valence electrons. The maximum absolute atomic E-state index is 12.9. The zero-order chi connectivity index (χ0) is 21.9. The second kappa shape index (κ2) is 8.54. The molecule has 3 rings (SSSR count). The second-order valence-corrected chi connectivity index (χ2v) is 7.24. The standard InChI is InChI=1S/C22H24N2O6/c1-14(25)15-4-8-19(9-5-15)30-13-17(26)12-24-20(27)22(2,23-21(24)28)16-6-10-18(29-3)11-7-16/h4-11,17,26H,12-13H2,1-3H3,(H,23,28)/t17-,22+/m1/s1. The number of β-amino-alcohol motifs (C(OH)–C–C–N with tert-alkyl or cyclic N) is 1. The van der Waals surface area contributed by atoms with Gasteiger partial charge in [0.05, 0.1) is 13.7 Å². The predicted octanol–water partition coefficient (Wildman–Crippen LogP) is 2.10. The average Bonchev–Trinajstić information content (AvgIpc) is 2.96. The summed E-state index contributed by atoms with van der Waals surface area (Å²) in [6.45, 7) is 2.77. The molecule has 1 aliphatic heterocycles. The lowest BCUT2D eigenvalue weighted by Crippen LogP contribution is -2.42. The van der Waals surface area contributed by atoms with Crippen LogP contribution in [-0.4, -0.2) is 54.1 Å². The van der Waals surface area contributed by atoms with Crippen molar-refractivity contribution in [3.63, 3.8) is 0 Å². The molecule has 8 heteroatoms. The van der Waals surface area contributed by atoms with Gasteiger partial charge in [0.15, 0.2) is 5.78 Å². The SMILES string of the molecule is COc1ccc([C@]2(C)NC(=O)N(C[C@@H](O)COc3ccc(C(C)=O)cc3)C2=O)cc1. The number of ether oxygens (including phenoxy) is 2. The molecule has 1 heterocycles. The normalized spacial score (nSPS) is 19.4. The van der Waals surface area contributed by atoms with Crippen LogP contribution < -0.4 is 14.8 Å². The summed E-state index contributed by atoms with van der Waals surface area (Å²) < 4.78 is 10.6. The minimum absolute atomic E-state index is 0.0555. The van der Waals surface area contributed by atoms with Crippen molar-refractivity contribution >= 4 is 17.7 Å². The molecule has 2 atom stereocenters. The number of nitrogens with one attached hydrogen (secondary N) is 1. The number of amides is 3. The molecule has 0 saturated carbocycles. The van der Waals surface area contributed by atoms with E-state index >= 15 is 0 Å². The Morgan fingerprint density at radius 3 is 2.27 bits per heavy atom. The molecule has 1 aliphatic rings. The van der Waals surface area contributed by atoms with Crippen LogP contribution in [0.5, 0.6) is 11.5 Å². The summed E-state index contributed by atoms with van der Waals surface area (Å²) in [6, 6.07) is 12.8. The van der Waals surface area contributed by atoms with E-state index < -0.39 is 23.6 Å². The molecule has 3 amide bonds. The fraction of sp³-hybridized carbons (Fsp3) is 0.318. The van der Waals surface area contributed by atoms with Crippen molar-refractivity contribution in [2.45, 2.75) is 25.5 Å². The van der Waals surface area contributed by atoms with Crippen molar-refractivity contribution in [3.05, 3.63) is 59.7 Å². The van der Waals surface area contributed by atoms with Crippen LogP contribution in [0.15, 0.2) is 48.5 Å². The van der Waals surface area contributed by atoms with Gasteiger partial charge in [-0.3, -0.25) is 14.5 Å². The fourth-order valence-corrected chi connectivity index (χ4v) is 3.22. The smallest absolute Gasteiger partial charge is 0.325 e. The van der Waals surface area contributed by atoms with Crippen LogP contribution in [0.2, 0.25) is 0 Å². The van der Waals surface area contributed by atoms with E-state index in [1.165, 1.54) is 6.92 Å². The van der Waals surface area contributed by atoms with E-state index in [0.29, 0.717) is 22.6 Å². The highest BCUT2D eigenvalue weighted by Gasteiger charge is 2.49. The van der Waals surface area contributed by atoms with Crippen LogP contribution in [0.3, 0.4) is 0 Å². The summed E-state index contributed by atoms with van der Waals surface area (Å²) in [4.78, 5) is 37.6. The van der Waals surface area contributed by atoms with Gasteiger partial charge in [0.25, 0.3) is 5.91 Å². The van der Waals surface area contributed by atoms with Gasteiger partial charge in [-0.2, -0.15) is 0 Å². The summed E-state index contributed by atoms with van der Waals surface area (Å²) in [6.07, 6.45) is -1.08. The highest BCUT2D eigenvalue weighted by molar-refractivity contribution is 6.07. The van der Waals surface area contributed by atoms with Crippen molar-refractivity contribution in [2.75, 3.05) is 20.3 Å². The number of hydrogen-bond donors (Lipinski definition) is 2. The number of carbonyl (C=O) groups excluding carboxylic acids is 3. The number of Topliss-reactive ketones (excluding diaryl/α,β-unsaturated/α-hetero) is 1. The van der Waals surface area contributed by atoms with Gasteiger partial charge in [-0.05, 0) is 55.8 Å². The summed E-state index contributed by atoms with van der Waals surface area (Å²) in [5, 5.41) is 13.0. The number of ketones is 1. The Bertz CT molecular complexity index is 941. The molecule has 1 fully saturated rings. The van der Waals surface area contributed by atoms with E-state index in [2.05, 4.69) is 5.32 Å². The highest BCUT2D eigenvalue weighted by Crippen LogP contribution is 2.30. The minimum Gasteiger partial charge on any atom is -0.497 e. The predicted molar refractivity (Wildman–Crippen MR) is 109 cm³/mol. The van der Waals surface area contributed by atoms with Gasteiger partial charge in [0, 0.05) is 5.56 Å². The number of hydrogen-bond acceptors (Lipinski definition) is 6. The Hall–Kier alpha value is -3.39. The maximum atomic E-state index is 12.9. The van der Waals surface area contributed by atoms with Gasteiger partial charge in [-0.1, -0.05) is 12.1 Å². The summed E-state index contributed by atoms with van der Waals surface area (Å²) >= 11 is 0. The van der Waals surface area contributed by atoms with Crippen molar-refractivity contribution in [3.8, 4) is 11.5 Å². The molecule has 2 aromatic rings. The zero-order valence-electron chi connectivity index (χ0n) is 17.0. The van der Waals surface area contributed by atoms with E-state index in [4.69, 9.17) is 9.47 Å². The zero-order valence-corrected chi connectivity index (χ0v) is 17.0. The Kier molecular flexibility index (Phi) is 6.07. The van der Waals surface area contributed by atoms with Crippen LogP contribution in [0, 0.1) is 0 Å². The third kappa shape index (κ3) is 4.28. The monoisotopic (exact) mass is 412 g/mol. The van der Waals surface area contributed by atoms with Gasteiger partial charge >= 0.3 is 6.03 Å². The number of benzene rings is 2. The first-order valence-electron chi connectivity index (χ1n) is 9.45. The van der Waals surface area contributed by atoms with Gasteiger partial charge in [0.1, 0.15) is 29.7 Å². The molecule has 2 N–H and O–H groups in total. The minimum atomic E-state index is -1.23. The summed E-state index contributed by atoms with van der Waals surface area (Å²) in [5.41, 5.74) is -0.0626. The molecule has 2 aromatic carbocycles. The lowest BCUT2D eigenvalue weighted by molar-refractivity contribution is -0.132. The summed E-state index contributed by atoms with van der Waals surface area (Å²) in [5.74, 6) is 0.599. The number of nitrogens with zero attached hydrogens (tertiary/aromatic N) is 1. The Morgan fingerprint density at radius 2 is 1.70 bits per heavy atom. The molecule has 0 unspecified atom stereocenters. The third-order valence-corrected chi connectivity index (χ3v) is 5.04. The Balaban J connectivity index is 1.62. The van der Waals surface area contributed by atoms with Crippen molar-refractivity contribution < 1.29 is 29.0 Å². The first kappa shape index (κ1) is 21.3. The van der Waals surface area contributed by atoms with Crippen molar-refractivity contribution in [1.82, 2.24) is 10.2 Å².